The lowest BCUT2D eigenvalue weighted by Crippen LogP contribution is -2.50. The maximum atomic E-state index is 13.4. The van der Waals surface area contributed by atoms with Crippen LogP contribution < -0.4 is 0 Å². The van der Waals surface area contributed by atoms with Gasteiger partial charge in [0.2, 0.25) is 0 Å². The number of alkyl halides is 3. The summed E-state index contributed by atoms with van der Waals surface area (Å²) in [6.07, 6.45) is 4.95. The molecule has 0 spiro atoms. The van der Waals surface area contributed by atoms with Crippen LogP contribution in [-0.2, 0) is 10.0 Å². The van der Waals surface area contributed by atoms with Gasteiger partial charge < -0.3 is 0 Å². The number of nitrogens with zero attached hydrogens (tertiary/aromatic N) is 1. The first-order chi connectivity index (χ1) is 13.6. The van der Waals surface area contributed by atoms with E-state index in [1.165, 1.54) is 0 Å². The molecule has 1 aliphatic heterocycles. The molecule has 29 heavy (non-hydrogen) atoms. The Morgan fingerprint density at radius 3 is 2.21 bits per heavy atom. The Labute approximate surface area is 178 Å². The van der Waals surface area contributed by atoms with E-state index in [4.69, 9.17) is 0 Å². The zero-order chi connectivity index (χ0) is 21.4. The van der Waals surface area contributed by atoms with Gasteiger partial charge in [0.15, 0.2) is 0 Å². The van der Waals surface area contributed by atoms with E-state index in [-0.39, 0.29) is 13.0 Å². The average Bonchev–Trinajstić information content (AvgIpc) is 2.68. The summed E-state index contributed by atoms with van der Waals surface area (Å²) in [6, 6.07) is 6.87. The number of rotatable bonds is 3. The molecule has 0 N–H and O–H groups in total. The predicted octanol–water partition coefficient (Wildman–Crippen LogP) is 6.43. The van der Waals surface area contributed by atoms with Crippen LogP contribution >= 0.6 is 15.9 Å². The SMILES string of the molecule is CC[C@@H]1C(C)=C(c2ccc(Br)cc2)C(=C2CCCCC2)CN1S(=O)(=O)C(F)(F)F. The molecule has 1 aromatic rings. The second-order valence-electron chi connectivity index (χ2n) is 7.63. The minimum Gasteiger partial charge on any atom is -0.203 e. The van der Waals surface area contributed by atoms with E-state index in [1.54, 1.807) is 13.8 Å². The molecule has 1 aliphatic carbocycles. The van der Waals surface area contributed by atoms with Crippen molar-refractivity contribution in [3.05, 3.63) is 51.0 Å². The minimum absolute atomic E-state index is 0.224. The Morgan fingerprint density at radius 1 is 1.10 bits per heavy atom. The van der Waals surface area contributed by atoms with Gasteiger partial charge in [-0.3, -0.25) is 0 Å². The fraction of sp³-hybridized carbons (Fsp3) is 0.524. The van der Waals surface area contributed by atoms with Crippen molar-refractivity contribution >= 4 is 31.5 Å². The lowest BCUT2D eigenvalue weighted by molar-refractivity contribution is -0.0495. The number of halogens is 4. The monoisotopic (exact) mass is 491 g/mol. The molecule has 0 bridgehead atoms. The van der Waals surface area contributed by atoms with Gasteiger partial charge in [-0.1, -0.05) is 47.0 Å². The van der Waals surface area contributed by atoms with Crippen LogP contribution in [0.25, 0.3) is 5.57 Å². The van der Waals surface area contributed by atoms with Crippen LogP contribution in [0.4, 0.5) is 13.2 Å². The molecule has 3 rings (SSSR count). The molecule has 160 valence electrons. The van der Waals surface area contributed by atoms with Gasteiger partial charge in [-0.15, -0.1) is 0 Å². The summed E-state index contributed by atoms with van der Waals surface area (Å²) in [5.74, 6) is 0. The smallest absolute Gasteiger partial charge is 0.203 e. The standard InChI is InChI=1S/C21H25BrF3NO2S/c1-3-19-14(2)20(16-9-11-17(22)12-10-16)18(15-7-5-4-6-8-15)13-26(19)29(27,28)21(23,24)25/h9-12,19H,3-8,13H2,1-2H3/t19-/m1/s1. The Kier molecular flexibility index (Phi) is 6.65. The largest absolute Gasteiger partial charge is 0.511 e. The van der Waals surface area contributed by atoms with Crippen LogP contribution in [0.2, 0.25) is 0 Å². The molecule has 0 saturated heterocycles. The first-order valence-electron chi connectivity index (χ1n) is 9.84. The van der Waals surface area contributed by atoms with E-state index >= 15 is 0 Å². The lowest BCUT2D eigenvalue weighted by Gasteiger charge is -2.39. The summed E-state index contributed by atoms with van der Waals surface area (Å²) in [5.41, 5.74) is -0.955. The van der Waals surface area contributed by atoms with Crippen LogP contribution in [0.1, 0.15) is 57.9 Å². The maximum absolute atomic E-state index is 13.4. The molecule has 0 unspecified atom stereocenters. The summed E-state index contributed by atoms with van der Waals surface area (Å²) in [7, 11) is -5.42. The van der Waals surface area contributed by atoms with Crippen molar-refractivity contribution in [2.75, 3.05) is 6.54 Å². The number of sulfonamides is 1. The zero-order valence-corrected chi connectivity index (χ0v) is 18.9. The fourth-order valence-corrected chi connectivity index (χ4v) is 5.92. The second kappa shape index (κ2) is 8.55. The number of allylic oxidation sites excluding steroid dienone is 1. The minimum atomic E-state index is -5.42. The summed E-state index contributed by atoms with van der Waals surface area (Å²) in [4.78, 5) is 0. The number of hydrogen-bond donors (Lipinski definition) is 0. The van der Waals surface area contributed by atoms with Gasteiger partial charge in [0.05, 0.1) is 0 Å². The van der Waals surface area contributed by atoms with Crippen molar-refractivity contribution in [1.29, 1.82) is 0 Å². The van der Waals surface area contributed by atoms with E-state index in [9.17, 15) is 21.6 Å². The van der Waals surface area contributed by atoms with Crippen molar-refractivity contribution in [3.63, 3.8) is 0 Å². The Balaban J connectivity index is 2.23. The Bertz CT molecular complexity index is 926. The predicted molar refractivity (Wildman–Crippen MR) is 113 cm³/mol. The highest BCUT2D eigenvalue weighted by Gasteiger charge is 2.53. The molecular formula is C21H25BrF3NO2S. The van der Waals surface area contributed by atoms with Gasteiger partial charge in [-0.05, 0) is 73.4 Å². The normalized spacial score (nSPS) is 22.3. The lowest BCUT2D eigenvalue weighted by atomic mass is 9.80. The molecule has 0 aromatic heterocycles. The van der Waals surface area contributed by atoms with Gasteiger partial charge >= 0.3 is 15.5 Å². The Hall–Kier alpha value is -1.12. The van der Waals surface area contributed by atoms with E-state index in [0.29, 0.717) is 9.88 Å². The first-order valence-corrected chi connectivity index (χ1v) is 12.1. The third kappa shape index (κ3) is 4.35. The van der Waals surface area contributed by atoms with Crippen LogP contribution in [0, 0.1) is 0 Å². The van der Waals surface area contributed by atoms with Crippen molar-refractivity contribution < 1.29 is 21.6 Å². The summed E-state index contributed by atoms with van der Waals surface area (Å²) < 4.78 is 66.6. The number of hydrogen-bond acceptors (Lipinski definition) is 2. The van der Waals surface area contributed by atoms with Crippen molar-refractivity contribution in [2.45, 2.75) is 63.9 Å². The van der Waals surface area contributed by atoms with Crippen LogP contribution in [0.3, 0.4) is 0 Å². The highest BCUT2D eigenvalue weighted by atomic mass is 79.9. The second-order valence-corrected chi connectivity index (χ2v) is 10.4. The molecule has 0 radical (unpaired) electrons. The molecule has 1 saturated carbocycles. The molecule has 1 fully saturated rings. The quantitative estimate of drug-likeness (QED) is 0.488. The van der Waals surface area contributed by atoms with Crippen LogP contribution in [0.5, 0.6) is 0 Å². The van der Waals surface area contributed by atoms with Gasteiger partial charge in [-0.25, -0.2) is 8.42 Å². The molecule has 1 atom stereocenters. The van der Waals surface area contributed by atoms with Crippen molar-refractivity contribution in [3.8, 4) is 0 Å². The molecule has 1 heterocycles. The van der Waals surface area contributed by atoms with E-state index < -0.39 is 21.6 Å². The van der Waals surface area contributed by atoms with Gasteiger partial charge in [0.25, 0.3) is 0 Å². The topological polar surface area (TPSA) is 37.4 Å². The summed E-state index contributed by atoms with van der Waals surface area (Å²) >= 11 is 3.42. The molecule has 8 heteroatoms. The van der Waals surface area contributed by atoms with Gasteiger partial charge in [0.1, 0.15) is 0 Å². The fourth-order valence-electron chi connectivity index (χ4n) is 4.45. The Morgan fingerprint density at radius 2 is 1.69 bits per heavy atom. The molecule has 2 aliphatic rings. The van der Waals surface area contributed by atoms with Crippen molar-refractivity contribution in [1.82, 2.24) is 4.31 Å². The van der Waals surface area contributed by atoms with E-state index in [1.807, 2.05) is 24.3 Å². The van der Waals surface area contributed by atoms with E-state index in [2.05, 4.69) is 15.9 Å². The molecule has 0 amide bonds. The molecular weight excluding hydrogens is 467 g/mol. The summed E-state index contributed by atoms with van der Waals surface area (Å²) in [5, 5.41) is 0. The molecule has 1 aromatic carbocycles. The summed E-state index contributed by atoms with van der Waals surface area (Å²) in [6.45, 7) is 3.27. The maximum Gasteiger partial charge on any atom is 0.511 e. The molecule has 3 nitrogen and oxygen atoms in total. The van der Waals surface area contributed by atoms with Crippen LogP contribution in [0.15, 0.2) is 45.5 Å². The third-order valence-electron chi connectivity index (χ3n) is 5.86. The van der Waals surface area contributed by atoms with Crippen molar-refractivity contribution in [2.24, 2.45) is 0 Å². The van der Waals surface area contributed by atoms with Crippen LogP contribution in [-0.4, -0.2) is 30.8 Å². The number of benzene rings is 1. The third-order valence-corrected chi connectivity index (χ3v) is 7.98. The van der Waals surface area contributed by atoms with E-state index in [0.717, 1.165) is 58.9 Å². The average molecular weight is 492 g/mol. The van der Waals surface area contributed by atoms with Gasteiger partial charge in [0, 0.05) is 17.1 Å². The zero-order valence-electron chi connectivity index (χ0n) is 16.5. The first kappa shape index (κ1) is 22.6. The van der Waals surface area contributed by atoms with Gasteiger partial charge in [-0.2, -0.15) is 17.5 Å². The highest BCUT2D eigenvalue weighted by molar-refractivity contribution is 9.10. The highest BCUT2D eigenvalue weighted by Crippen LogP contribution is 2.43.